The molecule has 0 radical (unpaired) electrons. The van der Waals surface area contributed by atoms with E-state index in [2.05, 4.69) is 12.0 Å². The van der Waals surface area contributed by atoms with Crippen LogP contribution in [-0.4, -0.2) is 35.1 Å². The summed E-state index contributed by atoms with van der Waals surface area (Å²) in [6.45, 7) is 2.93. The van der Waals surface area contributed by atoms with Crippen molar-refractivity contribution in [1.29, 1.82) is 0 Å². The van der Waals surface area contributed by atoms with E-state index in [1.165, 1.54) is 19.0 Å². The van der Waals surface area contributed by atoms with E-state index >= 15 is 0 Å². The lowest BCUT2D eigenvalue weighted by Crippen LogP contribution is -2.52. The van der Waals surface area contributed by atoms with Crippen LogP contribution in [0.5, 0.6) is 0 Å². The minimum absolute atomic E-state index is 0.192. The summed E-state index contributed by atoms with van der Waals surface area (Å²) in [5.74, 6) is 1.17. The second-order valence-corrected chi connectivity index (χ2v) is 8.14. The molecule has 6 heteroatoms. The van der Waals surface area contributed by atoms with Gasteiger partial charge in [0.25, 0.3) is 0 Å². The number of rotatable bonds is 2. The van der Waals surface area contributed by atoms with Crippen molar-refractivity contribution in [2.24, 2.45) is 18.9 Å². The minimum atomic E-state index is -3.39. The fraction of sp³-hybridized carbons (Fsp3) is 0.786. The monoisotopic (exact) mass is 297 g/mol. The van der Waals surface area contributed by atoms with Crippen LogP contribution < -0.4 is 0 Å². The highest BCUT2D eigenvalue weighted by Gasteiger charge is 2.43. The van der Waals surface area contributed by atoms with Crippen LogP contribution in [0.15, 0.2) is 17.3 Å². The molecule has 2 fully saturated rings. The first-order valence-corrected chi connectivity index (χ1v) is 8.94. The van der Waals surface area contributed by atoms with Gasteiger partial charge in [-0.1, -0.05) is 19.8 Å². The average Bonchev–Trinajstić information content (AvgIpc) is 2.87. The SMILES string of the molecule is CC1CCN(S(=O)(=O)c2cnn(C)c2)C2CCCCC12. The standard InChI is InChI=1S/C14H23N3O2S/c1-11-7-8-17(14-6-4-3-5-13(11)14)20(18,19)12-9-15-16(2)10-12/h9-11,13-14H,3-8H2,1-2H3. The molecule has 1 aromatic rings. The molecule has 0 spiro atoms. The molecule has 5 nitrogen and oxygen atoms in total. The van der Waals surface area contributed by atoms with E-state index in [4.69, 9.17) is 0 Å². The fourth-order valence-electron chi connectivity index (χ4n) is 3.84. The van der Waals surface area contributed by atoms with Crippen LogP contribution in [0.3, 0.4) is 0 Å². The Morgan fingerprint density at radius 2 is 2.00 bits per heavy atom. The third kappa shape index (κ3) is 2.29. The zero-order valence-corrected chi connectivity index (χ0v) is 13.0. The highest BCUT2D eigenvalue weighted by Crippen LogP contribution is 2.40. The molecule has 20 heavy (non-hydrogen) atoms. The first-order chi connectivity index (χ1) is 9.50. The van der Waals surface area contributed by atoms with Crippen LogP contribution in [0.1, 0.15) is 39.0 Å². The molecular weight excluding hydrogens is 274 g/mol. The summed E-state index contributed by atoms with van der Waals surface area (Å²) < 4.78 is 29.0. The van der Waals surface area contributed by atoms with Crippen molar-refractivity contribution in [2.75, 3.05) is 6.54 Å². The van der Waals surface area contributed by atoms with Gasteiger partial charge in [-0.3, -0.25) is 4.68 Å². The van der Waals surface area contributed by atoms with E-state index in [1.54, 1.807) is 22.2 Å². The van der Waals surface area contributed by atoms with Gasteiger partial charge in [-0.15, -0.1) is 0 Å². The predicted molar refractivity (Wildman–Crippen MR) is 76.6 cm³/mol. The molecule has 1 saturated heterocycles. The average molecular weight is 297 g/mol. The Morgan fingerprint density at radius 1 is 1.25 bits per heavy atom. The number of hydrogen-bond acceptors (Lipinski definition) is 3. The van der Waals surface area contributed by atoms with Gasteiger partial charge in [-0.2, -0.15) is 9.40 Å². The molecule has 0 N–H and O–H groups in total. The zero-order valence-electron chi connectivity index (χ0n) is 12.2. The quantitative estimate of drug-likeness (QED) is 0.839. The van der Waals surface area contributed by atoms with E-state index in [0.717, 1.165) is 19.3 Å². The molecule has 1 saturated carbocycles. The summed E-state index contributed by atoms with van der Waals surface area (Å²) in [6.07, 6.45) is 8.61. The topological polar surface area (TPSA) is 55.2 Å². The first-order valence-electron chi connectivity index (χ1n) is 7.50. The Kier molecular flexibility index (Phi) is 3.62. The van der Waals surface area contributed by atoms with Crippen LogP contribution in [0, 0.1) is 11.8 Å². The van der Waals surface area contributed by atoms with Gasteiger partial charge in [0, 0.05) is 25.8 Å². The molecule has 2 aliphatic rings. The summed E-state index contributed by atoms with van der Waals surface area (Å²) >= 11 is 0. The third-order valence-electron chi connectivity index (χ3n) is 4.97. The van der Waals surface area contributed by atoms with Crippen molar-refractivity contribution < 1.29 is 8.42 Å². The maximum Gasteiger partial charge on any atom is 0.246 e. The summed E-state index contributed by atoms with van der Waals surface area (Å²) in [4.78, 5) is 0.332. The van der Waals surface area contributed by atoms with Crippen LogP contribution in [0.2, 0.25) is 0 Å². The number of aryl methyl sites for hydroxylation is 1. The van der Waals surface area contributed by atoms with E-state index < -0.39 is 10.0 Å². The normalized spacial score (nSPS) is 32.0. The van der Waals surface area contributed by atoms with Gasteiger partial charge in [-0.05, 0) is 31.1 Å². The Hall–Kier alpha value is -0.880. The Morgan fingerprint density at radius 3 is 2.70 bits per heavy atom. The van der Waals surface area contributed by atoms with Crippen LogP contribution >= 0.6 is 0 Å². The lowest BCUT2D eigenvalue weighted by Gasteiger charge is -2.46. The molecule has 1 aliphatic heterocycles. The van der Waals surface area contributed by atoms with E-state index in [-0.39, 0.29) is 6.04 Å². The van der Waals surface area contributed by atoms with Crippen molar-refractivity contribution in [3.8, 4) is 0 Å². The Balaban J connectivity index is 1.92. The number of sulfonamides is 1. The maximum atomic E-state index is 12.8. The van der Waals surface area contributed by atoms with Gasteiger partial charge in [-0.25, -0.2) is 8.42 Å². The largest absolute Gasteiger partial charge is 0.274 e. The molecule has 0 amide bonds. The Labute approximate surface area is 121 Å². The summed E-state index contributed by atoms with van der Waals surface area (Å²) in [5, 5.41) is 4.01. The summed E-state index contributed by atoms with van der Waals surface area (Å²) in [5.41, 5.74) is 0. The lowest BCUT2D eigenvalue weighted by molar-refractivity contribution is 0.0827. The maximum absolute atomic E-state index is 12.8. The second kappa shape index (κ2) is 5.15. The molecule has 0 aromatic carbocycles. The molecule has 0 bridgehead atoms. The predicted octanol–water partition coefficient (Wildman–Crippen LogP) is 2.01. The van der Waals surface area contributed by atoms with Gasteiger partial charge in [0.15, 0.2) is 0 Å². The van der Waals surface area contributed by atoms with Gasteiger partial charge >= 0.3 is 0 Å². The van der Waals surface area contributed by atoms with Crippen LogP contribution in [-0.2, 0) is 17.1 Å². The number of fused-ring (bicyclic) bond motifs is 1. The molecule has 112 valence electrons. The highest BCUT2D eigenvalue weighted by molar-refractivity contribution is 7.89. The highest BCUT2D eigenvalue weighted by atomic mass is 32.2. The van der Waals surface area contributed by atoms with Crippen molar-refractivity contribution in [3.63, 3.8) is 0 Å². The van der Waals surface area contributed by atoms with Crippen molar-refractivity contribution in [3.05, 3.63) is 12.4 Å². The lowest BCUT2D eigenvalue weighted by atomic mass is 9.74. The molecule has 1 aliphatic carbocycles. The smallest absolute Gasteiger partial charge is 0.246 e. The van der Waals surface area contributed by atoms with E-state index in [1.807, 2.05) is 0 Å². The van der Waals surface area contributed by atoms with Gasteiger partial charge in [0.1, 0.15) is 4.90 Å². The zero-order chi connectivity index (χ0) is 14.3. The van der Waals surface area contributed by atoms with Crippen molar-refractivity contribution in [1.82, 2.24) is 14.1 Å². The molecule has 3 unspecified atom stereocenters. The number of aromatic nitrogens is 2. The number of piperidine rings is 1. The summed E-state index contributed by atoms with van der Waals surface area (Å²) in [6, 6.07) is 0.192. The number of hydrogen-bond donors (Lipinski definition) is 0. The Bertz CT molecular complexity index is 581. The fourth-order valence-corrected chi connectivity index (χ4v) is 5.54. The first kappa shape index (κ1) is 14.1. The van der Waals surface area contributed by atoms with E-state index in [0.29, 0.717) is 23.3 Å². The molecule has 1 aromatic heterocycles. The summed E-state index contributed by atoms with van der Waals surface area (Å²) in [7, 11) is -1.63. The van der Waals surface area contributed by atoms with Crippen LogP contribution in [0.25, 0.3) is 0 Å². The van der Waals surface area contributed by atoms with Crippen molar-refractivity contribution in [2.45, 2.75) is 50.0 Å². The second-order valence-electron chi connectivity index (χ2n) is 6.25. The molecule has 3 rings (SSSR count). The van der Waals surface area contributed by atoms with Gasteiger partial charge in [0.05, 0.1) is 6.20 Å². The van der Waals surface area contributed by atoms with E-state index in [9.17, 15) is 8.42 Å². The van der Waals surface area contributed by atoms with Gasteiger partial charge < -0.3 is 0 Å². The van der Waals surface area contributed by atoms with Gasteiger partial charge in [0.2, 0.25) is 10.0 Å². The molecule has 3 atom stereocenters. The number of nitrogens with zero attached hydrogens (tertiary/aromatic N) is 3. The minimum Gasteiger partial charge on any atom is -0.274 e. The third-order valence-corrected chi connectivity index (χ3v) is 6.85. The van der Waals surface area contributed by atoms with Crippen molar-refractivity contribution >= 4 is 10.0 Å². The molecule has 2 heterocycles. The van der Waals surface area contributed by atoms with Crippen LogP contribution in [0.4, 0.5) is 0 Å². The molecular formula is C14H23N3O2S.